The first kappa shape index (κ1) is 13.6. The van der Waals surface area contributed by atoms with E-state index in [1.165, 1.54) is 4.90 Å². The van der Waals surface area contributed by atoms with Crippen LogP contribution in [0, 0.1) is 5.92 Å². The number of hydrogen-bond donors (Lipinski definition) is 0. The monoisotopic (exact) mass is 275 g/mol. The molecule has 1 amide bonds. The average Bonchev–Trinajstić information content (AvgIpc) is 2.78. The van der Waals surface area contributed by atoms with E-state index < -0.39 is 21.5 Å². The molecule has 1 saturated heterocycles. The highest BCUT2D eigenvalue weighted by atomic mass is 32.2. The van der Waals surface area contributed by atoms with E-state index in [0.717, 1.165) is 12.8 Å². The SMILES string of the molecule is CC(C)(C)OC(=O)N1CC(S(=O)(=O)CC2CC2)C1. The van der Waals surface area contributed by atoms with Crippen molar-refractivity contribution in [3.05, 3.63) is 0 Å². The molecule has 1 heterocycles. The summed E-state index contributed by atoms with van der Waals surface area (Å²) in [6.07, 6.45) is 1.64. The van der Waals surface area contributed by atoms with Gasteiger partial charge in [-0.25, -0.2) is 13.2 Å². The van der Waals surface area contributed by atoms with Gasteiger partial charge in [0, 0.05) is 13.1 Å². The molecule has 0 aromatic rings. The van der Waals surface area contributed by atoms with E-state index in [1.807, 2.05) is 0 Å². The van der Waals surface area contributed by atoms with Gasteiger partial charge in [-0.1, -0.05) is 0 Å². The summed E-state index contributed by atoms with van der Waals surface area (Å²) in [4.78, 5) is 13.1. The zero-order chi connectivity index (χ0) is 13.6. The molecule has 2 rings (SSSR count). The van der Waals surface area contributed by atoms with E-state index in [2.05, 4.69) is 0 Å². The van der Waals surface area contributed by atoms with Gasteiger partial charge in [-0.3, -0.25) is 0 Å². The molecule has 1 aliphatic carbocycles. The smallest absolute Gasteiger partial charge is 0.410 e. The van der Waals surface area contributed by atoms with Crippen LogP contribution in [0.25, 0.3) is 0 Å². The topological polar surface area (TPSA) is 63.7 Å². The number of amides is 1. The number of carbonyl (C=O) groups excluding carboxylic acids is 1. The Labute approximate surface area is 108 Å². The van der Waals surface area contributed by atoms with Crippen molar-refractivity contribution in [3.63, 3.8) is 0 Å². The number of nitrogens with zero attached hydrogens (tertiary/aromatic N) is 1. The first-order valence-corrected chi connectivity index (χ1v) is 8.08. The molecule has 0 spiro atoms. The van der Waals surface area contributed by atoms with Crippen LogP contribution < -0.4 is 0 Å². The van der Waals surface area contributed by atoms with Gasteiger partial charge in [0.15, 0.2) is 9.84 Å². The molecule has 18 heavy (non-hydrogen) atoms. The molecular weight excluding hydrogens is 254 g/mol. The minimum absolute atomic E-state index is 0.282. The molecule has 104 valence electrons. The van der Waals surface area contributed by atoms with Crippen molar-refractivity contribution >= 4 is 15.9 Å². The van der Waals surface area contributed by atoms with Crippen molar-refractivity contribution in [2.75, 3.05) is 18.8 Å². The molecule has 1 saturated carbocycles. The van der Waals surface area contributed by atoms with Crippen LogP contribution in [0.5, 0.6) is 0 Å². The predicted molar refractivity (Wildman–Crippen MR) is 68.1 cm³/mol. The van der Waals surface area contributed by atoms with Crippen LogP contribution in [0.2, 0.25) is 0 Å². The van der Waals surface area contributed by atoms with E-state index in [0.29, 0.717) is 11.7 Å². The van der Waals surface area contributed by atoms with Crippen molar-refractivity contribution in [1.82, 2.24) is 4.90 Å². The average molecular weight is 275 g/mol. The second kappa shape index (κ2) is 4.40. The van der Waals surface area contributed by atoms with Crippen LogP contribution in [0.3, 0.4) is 0 Å². The minimum Gasteiger partial charge on any atom is -0.444 e. The van der Waals surface area contributed by atoms with Gasteiger partial charge in [-0.05, 0) is 39.5 Å². The summed E-state index contributed by atoms with van der Waals surface area (Å²) in [6, 6.07) is 0. The molecule has 6 heteroatoms. The van der Waals surface area contributed by atoms with Crippen LogP contribution >= 0.6 is 0 Å². The Morgan fingerprint density at radius 2 is 1.83 bits per heavy atom. The van der Waals surface area contributed by atoms with Gasteiger partial charge >= 0.3 is 6.09 Å². The van der Waals surface area contributed by atoms with Crippen molar-refractivity contribution in [3.8, 4) is 0 Å². The summed E-state index contributed by atoms with van der Waals surface area (Å²) in [7, 11) is -3.02. The first-order valence-electron chi connectivity index (χ1n) is 6.37. The zero-order valence-corrected chi connectivity index (χ0v) is 12.0. The molecular formula is C12H21NO4S. The second-order valence-corrected chi connectivity index (χ2v) is 8.61. The van der Waals surface area contributed by atoms with E-state index in [9.17, 15) is 13.2 Å². The molecule has 0 radical (unpaired) electrons. The Balaban J connectivity index is 1.81. The lowest BCUT2D eigenvalue weighted by Crippen LogP contribution is -2.58. The maximum atomic E-state index is 11.9. The van der Waals surface area contributed by atoms with Crippen molar-refractivity contribution in [2.24, 2.45) is 5.92 Å². The van der Waals surface area contributed by atoms with Crippen LogP contribution in [-0.2, 0) is 14.6 Å². The van der Waals surface area contributed by atoms with Gasteiger partial charge < -0.3 is 9.64 Å². The third kappa shape index (κ3) is 3.37. The third-order valence-corrected chi connectivity index (χ3v) is 5.42. The van der Waals surface area contributed by atoms with Crippen LogP contribution in [0.15, 0.2) is 0 Å². The second-order valence-electron chi connectivity index (χ2n) is 6.28. The molecule has 2 fully saturated rings. The van der Waals surface area contributed by atoms with Crippen molar-refractivity contribution in [1.29, 1.82) is 0 Å². The fourth-order valence-corrected chi connectivity index (χ4v) is 3.97. The lowest BCUT2D eigenvalue weighted by atomic mass is 10.2. The Morgan fingerprint density at radius 3 is 2.28 bits per heavy atom. The minimum atomic E-state index is -3.02. The molecule has 0 bridgehead atoms. The largest absolute Gasteiger partial charge is 0.444 e. The Kier molecular flexibility index (Phi) is 3.34. The third-order valence-electron chi connectivity index (χ3n) is 3.17. The standard InChI is InChI=1S/C12H21NO4S/c1-12(2,3)17-11(14)13-6-10(7-13)18(15,16)8-9-4-5-9/h9-10H,4-8H2,1-3H3. The van der Waals surface area contributed by atoms with Crippen LogP contribution in [0.1, 0.15) is 33.6 Å². The van der Waals surface area contributed by atoms with Gasteiger partial charge in [0.25, 0.3) is 0 Å². The number of carbonyl (C=O) groups is 1. The van der Waals surface area contributed by atoms with Gasteiger partial charge in [0.05, 0.1) is 11.0 Å². The molecule has 0 N–H and O–H groups in total. The highest BCUT2D eigenvalue weighted by Crippen LogP contribution is 2.32. The number of rotatable bonds is 3. The first-order chi connectivity index (χ1) is 8.17. The fourth-order valence-electron chi connectivity index (χ4n) is 1.89. The van der Waals surface area contributed by atoms with Crippen molar-refractivity contribution < 1.29 is 17.9 Å². The van der Waals surface area contributed by atoms with Gasteiger partial charge in [-0.15, -0.1) is 0 Å². The lowest BCUT2D eigenvalue weighted by molar-refractivity contribution is 0.0139. The summed E-state index contributed by atoms with van der Waals surface area (Å²) in [5.41, 5.74) is -0.533. The fraction of sp³-hybridized carbons (Fsp3) is 0.917. The Morgan fingerprint density at radius 1 is 1.28 bits per heavy atom. The van der Waals surface area contributed by atoms with Gasteiger partial charge in [-0.2, -0.15) is 0 Å². The summed E-state index contributed by atoms with van der Waals surface area (Å²) in [6.45, 7) is 5.96. The number of likely N-dealkylation sites (tertiary alicyclic amines) is 1. The maximum absolute atomic E-state index is 11.9. The van der Waals surface area contributed by atoms with E-state index in [-0.39, 0.29) is 18.3 Å². The predicted octanol–water partition coefficient (Wildman–Crippen LogP) is 1.43. The molecule has 1 aliphatic heterocycles. The lowest BCUT2D eigenvalue weighted by Gasteiger charge is -2.39. The molecule has 0 aromatic heterocycles. The van der Waals surface area contributed by atoms with E-state index in [1.54, 1.807) is 20.8 Å². The van der Waals surface area contributed by atoms with Crippen LogP contribution in [0.4, 0.5) is 4.79 Å². The zero-order valence-electron chi connectivity index (χ0n) is 11.2. The Bertz CT molecular complexity index is 427. The number of hydrogen-bond acceptors (Lipinski definition) is 4. The summed E-state index contributed by atoms with van der Waals surface area (Å²) in [5, 5.41) is -0.384. The molecule has 2 aliphatic rings. The normalized spacial score (nSPS) is 21.6. The van der Waals surface area contributed by atoms with Crippen LogP contribution in [-0.4, -0.2) is 49.1 Å². The van der Waals surface area contributed by atoms with E-state index in [4.69, 9.17) is 4.74 Å². The Hall–Kier alpha value is -0.780. The van der Waals surface area contributed by atoms with Gasteiger partial charge in [0.1, 0.15) is 5.60 Å². The summed E-state index contributed by atoms with van der Waals surface area (Å²) >= 11 is 0. The number of sulfone groups is 1. The highest BCUT2D eigenvalue weighted by Gasteiger charge is 2.43. The highest BCUT2D eigenvalue weighted by molar-refractivity contribution is 7.92. The molecule has 0 unspecified atom stereocenters. The van der Waals surface area contributed by atoms with Crippen molar-refractivity contribution in [2.45, 2.75) is 44.5 Å². The maximum Gasteiger partial charge on any atom is 0.410 e. The van der Waals surface area contributed by atoms with E-state index >= 15 is 0 Å². The molecule has 0 atom stereocenters. The summed E-state index contributed by atoms with van der Waals surface area (Å²) < 4.78 is 29.1. The molecule has 5 nitrogen and oxygen atoms in total. The molecule has 0 aromatic carbocycles. The summed E-state index contributed by atoms with van der Waals surface area (Å²) in [5.74, 6) is 0.658. The quantitative estimate of drug-likeness (QED) is 0.781. The van der Waals surface area contributed by atoms with Gasteiger partial charge in [0.2, 0.25) is 0 Å². The number of ether oxygens (including phenoxy) is 1.